The maximum absolute atomic E-state index is 12.3. The summed E-state index contributed by atoms with van der Waals surface area (Å²) in [4.78, 5) is 27.2. The van der Waals surface area contributed by atoms with Gasteiger partial charge >= 0.3 is 11.9 Å². The number of hydrogen-bond donors (Lipinski definition) is 3. The van der Waals surface area contributed by atoms with E-state index in [9.17, 15) is 24.9 Å². The van der Waals surface area contributed by atoms with Crippen molar-refractivity contribution in [3.63, 3.8) is 0 Å². The van der Waals surface area contributed by atoms with E-state index in [0.717, 1.165) is 12.8 Å². The third kappa shape index (κ3) is 8.95. The Bertz CT molecular complexity index is 873. The number of carbonyl (C=O) groups excluding carboxylic acids is 1. The van der Waals surface area contributed by atoms with Crippen molar-refractivity contribution in [3.05, 3.63) is 59.7 Å². The summed E-state index contributed by atoms with van der Waals surface area (Å²) in [6, 6.07) is 13.7. The standard InChI is InChI=1S/C24H32N2O6/c1-2-3-14-32-24(31)18-26(16-20-9-5-7-11-22(20)28)13-12-25(17-23(29)30)15-19-8-4-6-10-21(19)27/h4-11,27-28H,2-3,12-18H2,1H3,(H,29,30). The monoisotopic (exact) mass is 444 g/mol. The highest BCUT2D eigenvalue weighted by Crippen LogP contribution is 2.19. The second kappa shape index (κ2) is 13.3. The van der Waals surface area contributed by atoms with Gasteiger partial charge in [-0.1, -0.05) is 49.7 Å². The van der Waals surface area contributed by atoms with Crippen LogP contribution >= 0.6 is 0 Å². The lowest BCUT2D eigenvalue weighted by atomic mass is 10.1. The van der Waals surface area contributed by atoms with Gasteiger partial charge in [-0.3, -0.25) is 19.4 Å². The van der Waals surface area contributed by atoms with Gasteiger partial charge in [0.2, 0.25) is 0 Å². The van der Waals surface area contributed by atoms with Gasteiger partial charge in [-0.15, -0.1) is 0 Å². The molecule has 0 bridgehead atoms. The maximum Gasteiger partial charge on any atom is 0.320 e. The Balaban J connectivity index is 2.08. The predicted octanol–water partition coefficient (Wildman–Crippen LogP) is 2.83. The van der Waals surface area contributed by atoms with Crippen LogP contribution < -0.4 is 0 Å². The normalized spacial score (nSPS) is 11.1. The molecule has 0 saturated heterocycles. The van der Waals surface area contributed by atoms with E-state index in [1.165, 1.54) is 0 Å². The highest BCUT2D eigenvalue weighted by molar-refractivity contribution is 5.71. The molecule has 0 fully saturated rings. The van der Waals surface area contributed by atoms with Crippen LogP contribution in [0.1, 0.15) is 30.9 Å². The SMILES string of the molecule is CCCCOC(=O)CN(CCN(CC(=O)O)Cc1ccccc1O)Cc1ccccc1O. The largest absolute Gasteiger partial charge is 0.508 e. The van der Waals surface area contributed by atoms with Gasteiger partial charge in [0.05, 0.1) is 19.7 Å². The summed E-state index contributed by atoms with van der Waals surface area (Å²) in [5.41, 5.74) is 1.29. The minimum atomic E-state index is -0.980. The molecule has 2 aromatic rings. The Hall–Kier alpha value is -3.10. The lowest BCUT2D eigenvalue weighted by Crippen LogP contribution is -2.39. The summed E-state index contributed by atoms with van der Waals surface area (Å²) in [5.74, 6) is -1.10. The third-order valence-electron chi connectivity index (χ3n) is 4.98. The topological polar surface area (TPSA) is 111 Å². The minimum Gasteiger partial charge on any atom is -0.508 e. The van der Waals surface area contributed by atoms with Crippen LogP contribution in [0.25, 0.3) is 0 Å². The molecular weight excluding hydrogens is 412 g/mol. The summed E-state index contributed by atoms with van der Waals surface area (Å²) in [7, 11) is 0. The van der Waals surface area contributed by atoms with Crippen molar-refractivity contribution in [2.75, 3.05) is 32.8 Å². The van der Waals surface area contributed by atoms with Crippen LogP contribution in [0.4, 0.5) is 0 Å². The van der Waals surface area contributed by atoms with Crippen molar-refractivity contribution >= 4 is 11.9 Å². The number of aromatic hydroxyl groups is 2. The number of aliphatic carboxylic acids is 1. The van der Waals surface area contributed by atoms with Gasteiger partial charge in [-0.25, -0.2) is 0 Å². The van der Waals surface area contributed by atoms with Gasteiger partial charge < -0.3 is 20.1 Å². The Labute approximate surface area is 188 Å². The molecule has 8 heteroatoms. The predicted molar refractivity (Wildman–Crippen MR) is 120 cm³/mol. The van der Waals surface area contributed by atoms with E-state index >= 15 is 0 Å². The second-order valence-corrected chi connectivity index (χ2v) is 7.65. The number of nitrogens with zero attached hydrogens (tertiary/aromatic N) is 2. The Morgan fingerprint density at radius 2 is 1.34 bits per heavy atom. The molecule has 32 heavy (non-hydrogen) atoms. The van der Waals surface area contributed by atoms with Gasteiger partial charge in [0.25, 0.3) is 0 Å². The smallest absolute Gasteiger partial charge is 0.320 e. The molecule has 174 valence electrons. The minimum absolute atomic E-state index is 0.0234. The molecule has 3 N–H and O–H groups in total. The average molecular weight is 445 g/mol. The number of para-hydroxylation sites is 2. The molecular formula is C24H32N2O6. The van der Waals surface area contributed by atoms with Gasteiger partial charge in [0, 0.05) is 37.3 Å². The number of esters is 1. The van der Waals surface area contributed by atoms with Crippen molar-refractivity contribution in [1.82, 2.24) is 9.80 Å². The zero-order chi connectivity index (χ0) is 23.3. The number of carboxylic acid groups (broad SMARTS) is 1. The molecule has 0 amide bonds. The number of phenolic OH excluding ortho intramolecular Hbond substituents is 2. The highest BCUT2D eigenvalue weighted by atomic mass is 16.5. The third-order valence-corrected chi connectivity index (χ3v) is 4.98. The molecule has 0 atom stereocenters. The number of benzene rings is 2. The zero-order valence-electron chi connectivity index (χ0n) is 18.4. The average Bonchev–Trinajstić information content (AvgIpc) is 2.75. The summed E-state index contributed by atoms with van der Waals surface area (Å²) >= 11 is 0. The highest BCUT2D eigenvalue weighted by Gasteiger charge is 2.18. The van der Waals surface area contributed by atoms with Crippen molar-refractivity contribution in [3.8, 4) is 11.5 Å². The number of unbranched alkanes of at least 4 members (excludes halogenated alkanes) is 1. The molecule has 0 radical (unpaired) electrons. The molecule has 0 unspecified atom stereocenters. The fraction of sp³-hybridized carbons (Fsp3) is 0.417. The first-order valence-corrected chi connectivity index (χ1v) is 10.7. The summed E-state index contributed by atoms with van der Waals surface area (Å²) < 4.78 is 5.28. The number of phenols is 2. The van der Waals surface area contributed by atoms with E-state index in [-0.39, 0.29) is 37.1 Å². The molecule has 0 saturated carbocycles. The molecule has 0 aliphatic rings. The molecule has 0 aliphatic carbocycles. The molecule has 0 spiro atoms. The molecule has 2 rings (SSSR count). The van der Waals surface area contributed by atoms with E-state index in [1.54, 1.807) is 47.4 Å². The Morgan fingerprint density at radius 1 is 0.844 bits per heavy atom. The Morgan fingerprint density at radius 3 is 1.81 bits per heavy atom. The van der Waals surface area contributed by atoms with Crippen molar-refractivity contribution in [2.24, 2.45) is 0 Å². The van der Waals surface area contributed by atoms with Crippen molar-refractivity contribution in [1.29, 1.82) is 0 Å². The van der Waals surface area contributed by atoms with E-state index in [2.05, 4.69) is 0 Å². The first-order chi connectivity index (χ1) is 15.4. The van der Waals surface area contributed by atoms with Crippen LogP contribution in [0, 0.1) is 0 Å². The number of carbonyl (C=O) groups is 2. The molecule has 0 aliphatic heterocycles. The first kappa shape index (κ1) is 25.2. The maximum atomic E-state index is 12.3. The summed E-state index contributed by atoms with van der Waals surface area (Å²) in [6.45, 7) is 3.47. The van der Waals surface area contributed by atoms with Gasteiger partial charge in [0.15, 0.2) is 0 Å². The first-order valence-electron chi connectivity index (χ1n) is 10.7. The lowest BCUT2D eigenvalue weighted by molar-refractivity contribution is -0.145. The molecule has 2 aromatic carbocycles. The van der Waals surface area contributed by atoms with Crippen LogP contribution in [-0.2, 0) is 27.4 Å². The van der Waals surface area contributed by atoms with Crippen molar-refractivity contribution in [2.45, 2.75) is 32.9 Å². The number of ether oxygens (including phenoxy) is 1. The summed E-state index contributed by atoms with van der Waals surface area (Å²) in [6.07, 6.45) is 1.71. The van der Waals surface area contributed by atoms with Crippen LogP contribution in [0.3, 0.4) is 0 Å². The second-order valence-electron chi connectivity index (χ2n) is 7.65. The van der Waals surface area contributed by atoms with Gasteiger partial charge in [0.1, 0.15) is 11.5 Å². The van der Waals surface area contributed by atoms with Crippen LogP contribution in [-0.4, -0.2) is 69.8 Å². The molecule has 8 nitrogen and oxygen atoms in total. The summed E-state index contributed by atoms with van der Waals surface area (Å²) in [5, 5.41) is 29.5. The fourth-order valence-corrected chi connectivity index (χ4v) is 3.23. The molecule has 0 aromatic heterocycles. The fourth-order valence-electron chi connectivity index (χ4n) is 3.23. The van der Waals surface area contributed by atoms with Gasteiger partial charge in [-0.05, 0) is 18.6 Å². The quantitative estimate of drug-likeness (QED) is 0.301. The van der Waals surface area contributed by atoms with Crippen LogP contribution in [0.15, 0.2) is 48.5 Å². The number of carboxylic acids is 1. The van der Waals surface area contributed by atoms with E-state index in [0.29, 0.717) is 37.4 Å². The lowest BCUT2D eigenvalue weighted by Gasteiger charge is -2.27. The van der Waals surface area contributed by atoms with E-state index in [1.807, 2.05) is 17.9 Å². The number of rotatable bonds is 14. The van der Waals surface area contributed by atoms with Crippen molar-refractivity contribution < 1.29 is 29.6 Å². The van der Waals surface area contributed by atoms with Gasteiger partial charge in [-0.2, -0.15) is 0 Å². The molecule has 0 heterocycles. The van der Waals surface area contributed by atoms with E-state index in [4.69, 9.17) is 4.74 Å². The Kier molecular flexibility index (Phi) is 10.5. The van der Waals surface area contributed by atoms with E-state index < -0.39 is 5.97 Å². The van der Waals surface area contributed by atoms with Crippen LogP contribution in [0.5, 0.6) is 11.5 Å². The van der Waals surface area contributed by atoms with Crippen LogP contribution in [0.2, 0.25) is 0 Å². The number of hydrogen-bond acceptors (Lipinski definition) is 7. The zero-order valence-corrected chi connectivity index (χ0v) is 18.4.